The van der Waals surface area contributed by atoms with E-state index in [2.05, 4.69) is 0 Å². The normalized spacial score (nSPS) is 10.0. The van der Waals surface area contributed by atoms with Gasteiger partial charge < -0.3 is 9.47 Å². The Morgan fingerprint density at radius 3 is 1.88 bits per heavy atom. The van der Waals surface area contributed by atoms with Crippen molar-refractivity contribution in [2.75, 3.05) is 13.2 Å². The highest BCUT2D eigenvalue weighted by Gasteiger charge is 2.21. The van der Waals surface area contributed by atoms with Gasteiger partial charge >= 0.3 is 11.9 Å². The number of hydrogen-bond acceptors (Lipinski definition) is 6. The molecule has 0 saturated heterocycles. The quantitative estimate of drug-likeness (QED) is 0.122. The fourth-order valence-corrected chi connectivity index (χ4v) is 1.83. The standard InChI is InChI=1S/C18H23NO6/c1-3-5-11-24-17(20)16(18(21)25-12-6-4-2)13-14-7-9-15(10-8-14)19(22)23/h7-10,13H,3-6,11-12H2,1-2H3. The van der Waals surface area contributed by atoms with E-state index in [0.717, 1.165) is 12.8 Å². The minimum atomic E-state index is -0.756. The van der Waals surface area contributed by atoms with Crippen molar-refractivity contribution in [1.82, 2.24) is 0 Å². The molecule has 0 aliphatic rings. The van der Waals surface area contributed by atoms with Crippen molar-refractivity contribution in [3.63, 3.8) is 0 Å². The van der Waals surface area contributed by atoms with Crippen LogP contribution in [0.2, 0.25) is 0 Å². The summed E-state index contributed by atoms with van der Waals surface area (Å²) < 4.78 is 10.2. The van der Waals surface area contributed by atoms with Gasteiger partial charge in [-0.2, -0.15) is 0 Å². The van der Waals surface area contributed by atoms with Crippen molar-refractivity contribution in [2.45, 2.75) is 39.5 Å². The molecule has 0 aliphatic heterocycles. The van der Waals surface area contributed by atoms with Crippen molar-refractivity contribution in [3.05, 3.63) is 45.5 Å². The molecule has 136 valence electrons. The summed E-state index contributed by atoms with van der Waals surface area (Å²) in [5.41, 5.74) is 0.177. The molecule has 1 rings (SSSR count). The van der Waals surface area contributed by atoms with Crippen LogP contribution in [0.15, 0.2) is 29.8 Å². The third-order valence-electron chi connectivity index (χ3n) is 3.32. The number of nitro groups is 1. The molecule has 0 saturated carbocycles. The highest BCUT2D eigenvalue weighted by Crippen LogP contribution is 2.16. The monoisotopic (exact) mass is 349 g/mol. The number of carbonyl (C=O) groups is 2. The maximum atomic E-state index is 12.2. The zero-order valence-corrected chi connectivity index (χ0v) is 14.5. The van der Waals surface area contributed by atoms with Crippen LogP contribution in [0.5, 0.6) is 0 Å². The Kier molecular flexibility index (Phi) is 8.92. The van der Waals surface area contributed by atoms with E-state index in [0.29, 0.717) is 18.4 Å². The van der Waals surface area contributed by atoms with Gasteiger partial charge in [-0.25, -0.2) is 9.59 Å². The number of non-ortho nitro benzene ring substituents is 1. The van der Waals surface area contributed by atoms with Crippen LogP contribution in [0.3, 0.4) is 0 Å². The molecule has 0 aromatic heterocycles. The Morgan fingerprint density at radius 2 is 1.48 bits per heavy atom. The lowest BCUT2D eigenvalue weighted by atomic mass is 10.1. The molecular formula is C18H23NO6. The molecule has 0 fully saturated rings. The zero-order chi connectivity index (χ0) is 18.7. The second-order valence-corrected chi connectivity index (χ2v) is 5.39. The van der Waals surface area contributed by atoms with Crippen molar-refractivity contribution in [3.8, 4) is 0 Å². The van der Waals surface area contributed by atoms with Gasteiger partial charge in [0.05, 0.1) is 18.1 Å². The maximum absolute atomic E-state index is 12.2. The number of nitro benzene ring substituents is 1. The zero-order valence-electron chi connectivity index (χ0n) is 14.5. The summed E-state index contributed by atoms with van der Waals surface area (Å²) in [6.07, 6.45) is 4.43. The summed E-state index contributed by atoms with van der Waals surface area (Å²) in [6.45, 7) is 4.35. The Labute approximate surface area is 146 Å². The number of carbonyl (C=O) groups excluding carboxylic acids is 2. The Morgan fingerprint density at radius 1 is 1.00 bits per heavy atom. The number of unbranched alkanes of at least 4 members (excludes halogenated alkanes) is 2. The molecule has 0 unspecified atom stereocenters. The summed E-state index contributed by atoms with van der Waals surface area (Å²) in [7, 11) is 0. The first-order valence-corrected chi connectivity index (χ1v) is 8.30. The molecule has 1 aromatic rings. The first-order chi connectivity index (χ1) is 12.0. The molecule has 25 heavy (non-hydrogen) atoms. The van der Waals surface area contributed by atoms with Gasteiger partial charge in [-0.1, -0.05) is 26.7 Å². The van der Waals surface area contributed by atoms with Gasteiger partial charge in [0.1, 0.15) is 5.57 Å². The third kappa shape index (κ3) is 7.15. The number of nitrogens with zero attached hydrogens (tertiary/aromatic N) is 1. The van der Waals surface area contributed by atoms with Crippen LogP contribution in [0.25, 0.3) is 6.08 Å². The average molecular weight is 349 g/mol. The summed E-state index contributed by atoms with van der Waals surface area (Å²) in [4.78, 5) is 34.5. The third-order valence-corrected chi connectivity index (χ3v) is 3.32. The van der Waals surface area contributed by atoms with E-state index in [1.54, 1.807) is 0 Å². The van der Waals surface area contributed by atoms with Crippen LogP contribution in [0, 0.1) is 10.1 Å². The highest BCUT2D eigenvalue weighted by molar-refractivity contribution is 6.17. The smallest absolute Gasteiger partial charge is 0.345 e. The van der Waals surface area contributed by atoms with Gasteiger partial charge in [-0.3, -0.25) is 10.1 Å². The van der Waals surface area contributed by atoms with Crippen molar-refractivity contribution in [2.24, 2.45) is 0 Å². The summed E-state index contributed by atoms with van der Waals surface area (Å²) >= 11 is 0. The molecule has 0 bridgehead atoms. The number of esters is 2. The van der Waals surface area contributed by atoms with Crippen LogP contribution < -0.4 is 0 Å². The molecule has 0 heterocycles. The average Bonchev–Trinajstić information content (AvgIpc) is 2.60. The van der Waals surface area contributed by atoms with E-state index >= 15 is 0 Å². The lowest BCUT2D eigenvalue weighted by molar-refractivity contribution is -0.384. The molecule has 0 atom stereocenters. The molecule has 0 spiro atoms. The minimum absolute atomic E-state index is 0.0743. The number of hydrogen-bond donors (Lipinski definition) is 0. The fourth-order valence-electron chi connectivity index (χ4n) is 1.83. The van der Waals surface area contributed by atoms with Crippen LogP contribution in [-0.2, 0) is 19.1 Å². The van der Waals surface area contributed by atoms with Crippen molar-refractivity contribution >= 4 is 23.7 Å². The topological polar surface area (TPSA) is 95.7 Å². The lowest BCUT2D eigenvalue weighted by Gasteiger charge is -2.08. The summed E-state index contributed by atoms with van der Waals surface area (Å²) in [5.74, 6) is -1.51. The van der Waals surface area contributed by atoms with E-state index in [9.17, 15) is 19.7 Å². The molecule has 0 amide bonds. The van der Waals surface area contributed by atoms with Gasteiger partial charge in [-0.05, 0) is 36.6 Å². The molecule has 7 nitrogen and oxygen atoms in total. The minimum Gasteiger partial charge on any atom is -0.462 e. The second kappa shape index (κ2) is 11.0. The SMILES string of the molecule is CCCCOC(=O)C(=Cc1ccc([N+](=O)[O-])cc1)C(=O)OCCCC. The predicted molar refractivity (Wildman–Crippen MR) is 92.8 cm³/mol. The van der Waals surface area contributed by atoms with Crippen LogP contribution in [0.4, 0.5) is 5.69 Å². The van der Waals surface area contributed by atoms with Gasteiger partial charge in [0.2, 0.25) is 0 Å². The van der Waals surface area contributed by atoms with Crippen LogP contribution in [0.1, 0.15) is 45.1 Å². The van der Waals surface area contributed by atoms with E-state index < -0.39 is 16.9 Å². The number of rotatable bonds is 10. The fraction of sp³-hybridized carbons (Fsp3) is 0.444. The summed E-state index contributed by atoms with van der Waals surface area (Å²) in [6, 6.07) is 5.51. The van der Waals surface area contributed by atoms with E-state index in [4.69, 9.17) is 9.47 Å². The van der Waals surface area contributed by atoms with Crippen LogP contribution in [-0.4, -0.2) is 30.1 Å². The largest absolute Gasteiger partial charge is 0.462 e. The predicted octanol–water partition coefficient (Wildman–Crippen LogP) is 3.66. The number of ether oxygens (including phenoxy) is 2. The van der Waals surface area contributed by atoms with E-state index in [-0.39, 0.29) is 24.5 Å². The van der Waals surface area contributed by atoms with Gasteiger partial charge in [0, 0.05) is 12.1 Å². The molecule has 0 N–H and O–H groups in total. The highest BCUT2D eigenvalue weighted by atomic mass is 16.6. The Balaban J connectivity index is 2.96. The van der Waals surface area contributed by atoms with Gasteiger partial charge in [0.25, 0.3) is 5.69 Å². The van der Waals surface area contributed by atoms with Crippen molar-refractivity contribution in [1.29, 1.82) is 0 Å². The second-order valence-electron chi connectivity index (χ2n) is 5.39. The molecule has 0 aliphatic carbocycles. The Hall–Kier alpha value is -2.70. The molecule has 1 aromatic carbocycles. The lowest BCUT2D eigenvalue weighted by Crippen LogP contribution is -2.19. The Bertz CT molecular complexity index is 597. The maximum Gasteiger partial charge on any atom is 0.345 e. The van der Waals surface area contributed by atoms with Crippen molar-refractivity contribution < 1.29 is 24.0 Å². The number of benzene rings is 1. The summed E-state index contributed by atoms with van der Waals surface area (Å²) in [5, 5.41) is 10.7. The molecule has 0 radical (unpaired) electrons. The van der Waals surface area contributed by atoms with Crippen LogP contribution >= 0.6 is 0 Å². The van der Waals surface area contributed by atoms with E-state index in [1.807, 2.05) is 13.8 Å². The van der Waals surface area contributed by atoms with Gasteiger partial charge in [0.15, 0.2) is 0 Å². The van der Waals surface area contributed by atoms with Gasteiger partial charge in [-0.15, -0.1) is 0 Å². The first kappa shape index (κ1) is 20.3. The molecule has 7 heteroatoms. The molecular weight excluding hydrogens is 326 g/mol. The van der Waals surface area contributed by atoms with E-state index in [1.165, 1.54) is 30.3 Å². The first-order valence-electron chi connectivity index (χ1n) is 8.30.